The molecule has 2 N–H and O–H groups in total. The van der Waals surface area contributed by atoms with Crippen molar-refractivity contribution in [3.05, 3.63) is 51.2 Å². The summed E-state index contributed by atoms with van der Waals surface area (Å²) in [4.78, 5) is 2.77. The van der Waals surface area contributed by atoms with Gasteiger partial charge >= 0.3 is 0 Å². The molecule has 0 saturated carbocycles. The zero-order valence-corrected chi connectivity index (χ0v) is 11.0. The number of rotatable bonds is 4. The molecule has 2 nitrogen and oxygen atoms in total. The summed E-state index contributed by atoms with van der Waals surface area (Å²) in [6.45, 7) is 6.04. The number of phenolic OH excluding ortho intramolecular Hbond substituents is 1. The first-order valence-electron chi connectivity index (χ1n) is 5.69. The lowest BCUT2D eigenvalue weighted by molar-refractivity contribution is 0.475. The lowest BCUT2D eigenvalue weighted by Gasteiger charge is -2.03. The minimum atomic E-state index is 0.318. The smallest absolute Gasteiger partial charge is 0.115 e. The second-order valence-electron chi connectivity index (χ2n) is 4.22. The summed E-state index contributed by atoms with van der Waals surface area (Å²) in [6.07, 6.45) is 0. The van der Waals surface area contributed by atoms with Crippen LogP contribution in [0.2, 0.25) is 0 Å². The van der Waals surface area contributed by atoms with Crippen molar-refractivity contribution in [2.75, 3.05) is 0 Å². The van der Waals surface area contributed by atoms with Crippen LogP contribution in [0.3, 0.4) is 0 Å². The normalized spacial score (nSPS) is 10.7. The van der Waals surface area contributed by atoms with Gasteiger partial charge in [-0.2, -0.15) is 0 Å². The maximum atomic E-state index is 9.17. The predicted octanol–water partition coefficient (Wildman–Crippen LogP) is 3.36. The molecule has 2 aromatic rings. The van der Waals surface area contributed by atoms with Crippen LogP contribution in [0.5, 0.6) is 5.75 Å². The third-order valence-electron chi connectivity index (χ3n) is 2.78. The highest BCUT2D eigenvalue weighted by atomic mass is 32.1. The molecule has 2 rings (SSSR count). The summed E-state index contributed by atoms with van der Waals surface area (Å²) in [6, 6.07) is 9.55. The van der Waals surface area contributed by atoms with E-state index in [9.17, 15) is 5.11 Å². The lowest BCUT2D eigenvalue weighted by atomic mass is 10.2. The standard InChI is InChI=1S/C14H17NOS/c1-10-7-14(17-11(10)2)9-15-8-12-3-5-13(16)6-4-12/h3-7,15-16H,8-9H2,1-2H3. The van der Waals surface area contributed by atoms with Gasteiger partial charge in [-0.05, 0) is 43.2 Å². The van der Waals surface area contributed by atoms with Crippen LogP contribution in [0.25, 0.3) is 0 Å². The van der Waals surface area contributed by atoms with Gasteiger partial charge in [-0.1, -0.05) is 12.1 Å². The zero-order chi connectivity index (χ0) is 12.3. The average Bonchev–Trinajstić information content (AvgIpc) is 2.61. The van der Waals surface area contributed by atoms with Crippen LogP contribution in [-0.4, -0.2) is 5.11 Å². The number of thiophene rings is 1. The summed E-state index contributed by atoms with van der Waals surface area (Å²) >= 11 is 1.85. The molecule has 0 atom stereocenters. The number of nitrogens with one attached hydrogen (secondary N) is 1. The van der Waals surface area contributed by atoms with E-state index in [-0.39, 0.29) is 0 Å². The van der Waals surface area contributed by atoms with Gasteiger partial charge in [-0.25, -0.2) is 0 Å². The Morgan fingerprint density at radius 3 is 2.41 bits per heavy atom. The Kier molecular flexibility index (Phi) is 3.82. The third-order valence-corrected chi connectivity index (χ3v) is 3.93. The Balaban J connectivity index is 1.85. The van der Waals surface area contributed by atoms with E-state index in [2.05, 4.69) is 25.2 Å². The van der Waals surface area contributed by atoms with E-state index < -0.39 is 0 Å². The van der Waals surface area contributed by atoms with Crippen LogP contribution in [0.1, 0.15) is 20.9 Å². The van der Waals surface area contributed by atoms with E-state index in [1.807, 2.05) is 23.5 Å². The Hall–Kier alpha value is -1.32. The van der Waals surface area contributed by atoms with Crippen molar-refractivity contribution in [1.82, 2.24) is 5.32 Å². The van der Waals surface area contributed by atoms with E-state index in [1.54, 1.807) is 12.1 Å². The van der Waals surface area contributed by atoms with Gasteiger partial charge in [0.05, 0.1) is 0 Å². The molecule has 17 heavy (non-hydrogen) atoms. The van der Waals surface area contributed by atoms with Gasteiger partial charge in [0.1, 0.15) is 5.75 Å². The molecule has 0 bridgehead atoms. The van der Waals surface area contributed by atoms with E-state index in [0.29, 0.717) is 5.75 Å². The van der Waals surface area contributed by atoms with E-state index in [1.165, 1.54) is 20.9 Å². The van der Waals surface area contributed by atoms with Gasteiger partial charge in [-0.3, -0.25) is 0 Å². The molecule has 0 radical (unpaired) electrons. The topological polar surface area (TPSA) is 32.3 Å². The first kappa shape index (κ1) is 12.1. The van der Waals surface area contributed by atoms with Gasteiger partial charge in [0.25, 0.3) is 0 Å². The van der Waals surface area contributed by atoms with Crippen LogP contribution in [0.4, 0.5) is 0 Å². The third kappa shape index (κ3) is 3.32. The first-order valence-corrected chi connectivity index (χ1v) is 6.51. The molecule has 0 aliphatic carbocycles. The highest BCUT2D eigenvalue weighted by Gasteiger charge is 2.01. The zero-order valence-electron chi connectivity index (χ0n) is 10.2. The first-order chi connectivity index (χ1) is 8.15. The summed E-state index contributed by atoms with van der Waals surface area (Å²) in [5.41, 5.74) is 2.56. The van der Waals surface area contributed by atoms with Crippen molar-refractivity contribution in [1.29, 1.82) is 0 Å². The van der Waals surface area contributed by atoms with Gasteiger partial charge in [0.2, 0.25) is 0 Å². The minimum Gasteiger partial charge on any atom is -0.508 e. The van der Waals surface area contributed by atoms with Crippen molar-refractivity contribution in [3.8, 4) is 5.75 Å². The highest BCUT2D eigenvalue weighted by Crippen LogP contribution is 2.20. The van der Waals surface area contributed by atoms with Crippen molar-refractivity contribution < 1.29 is 5.11 Å². The summed E-state index contributed by atoms with van der Waals surface area (Å²) in [7, 11) is 0. The van der Waals surface area contributed by atoms with Gasteiger partial charge in [0, 0.05) is 22.8 Å². The van der Waals surface area contributed by atoms with Crippen LogP contribution in [-0.2, 0) is 13.1 Å². The average molecular weight is 247 g/mol. The predicted molar refractivity (Wildman–Crippen MR) is 72.4 cm³/mol. The molecule has 1 aromatic heterocycles. The summed E-state index contributed by atoms with van der Waals surface area (Å²) < 4.78 is 0. The Morgan fingerprint density at radius 2 is 1.82 bits per heavy atom. The van der Waals surface area contributed by atoms with Crippen LogP contribution in [0, 0.1) is 13.8 Å². The van der Waals surface area contributed by atoms with Crippen LogP contribution >= 0.6 is 11.3 Å². The van der Waals surface area contributed by atoms with Gasteiger partial charge in [-0.15, -0.1) is 11.3 Å². The van der Waals surface area contributed by atoms with Crippen LogP contribution in [0.15, 0.2) is 30.3 Å². The molecule has 0 spiro atoms. The second-order valence-corrected chi connectivity index (χ2v) is 5.56. The maximum Gasteiger partial charge on any atom is 0.115 e. The molecular formula is C14H17NOS. The summed E-state index contributed by atoms with van der Waals surface area (Å²) in [5.74, 6) is 0.318. The van der Waals surface area contributed by atoms with Crippen molar-refractivity contribution >= 4 is 11.3 Å². The van der Waals surface area contributed by atoms with Gasteiger partial charge < -0.3 is 10.4 Å². The summed E-state index contributed by atoms with van der Waals surface area (Å²) in [5, 5.41) is 12.6. The fourth-order valence-electron chi connectivity index (χ4n) is 1.68. The molecule has 0 aliphatic rings. The van der Waals surface area contributed by atoms with Crippen molar-refractivity contribution in [2.24, 2.45) is 0 Å². The second kappa shape index (κ2) is 5.34. The highest BCUT2D eigenvalue weighted by molar-refractivity contribution is 7.12. The molecule has 1 heterocycles. The monoisotopic (exact) mass is 247 g/mol. The number of aromatic hydroxyl groups is 1. The molecule has 1 aromatic carbocycles. The number of aryl methyl sites for hydroxylation is 2. The Bertz CT molecular complexity index is 468. The Morgan fingerprint density at radius 1 is 1.12 bits per heavy atom. The van der Waals surface area contributed by atoms with Crippen molar-refractivity contribution in [3.63, 3.8) is 0 Å². The lowest BCUT2D eigenvalue weighted by Crippen LogP contribution is -2.11. The molecule has 0 unspecified atom stereocenters. The van der Waals surface area contributed by atoms with E-state index in [0.717, 1.165) is 13.1 Å². The molecule has 0 saturated heterocycles. The van der Waals surface area contributed by atoms with Crippen LogP contribution < -0.4 is 5.32 Å². The largest absolute Gasteiger partial charge is 0.508 e. The fraction of sp³-hybridized carbons (Fsp3) is 0.286. The van der Waals surface area contributed by atoms with Gasteiger partial charge in [0.15, 0.2) is 0 Å². The number of hydrogen-bond acceptors (Lipinski definition) is 3. The fourth-order valence-corrected chi connectivity index (χ4v) is 2.70. The molecule has 90 valence electrons. The number of phenols is 1. The van der Waals surface area contributed by atoms with Crippen molar-refractivity contribution in [2.45, 2.75) is 26.9 Å². The van der Waals surface area contributed by atoms with E-state index >= 15 is 0 Å². The molecule has 0 aliphatic heterocycles. The molecule has 0 amide bonds. The van der Waals surface area contributed by atoms with E-state index in [4.69, 9.17) is 0 Å². The Labute approximate surface area is 106 Å². The number of benzene rings is 1. The molecule has 3 heteroatoms. The molecule has 0 fully saturated rings. The maximum absolute atomic E-state index is 9.17. The number of hydrogen-bond donors (Lipinski definition) is 2. The molecular weight excluding hydrogens is 230 g/mol. The minimum absolute atomic E-state index is 0.318. The SMILES string of the molecule is Cc1cc(CNCc2ccc(O)cc2)sc1C. The quantitative estimate of drug-likeness (QED) is 0.868.